The molecule has 1 saturated heterocycles. The van der Waals surface area contributed by atoms with Crippen molar-refractivity contribution in [2.75, 3.05) is 20.1 Å². The highest BCUT2D eigenvalue weighted by atomic mass is 16.2. The summed E-state index contributed by atoms with van der Waals surface area (Å²) >= 11 is 0. The van der Waals surface area contributed by atoms with E-state index in [1.165, 1.54) is 11.1 Å². The summed E-state index contributed by atoms with van der Waals surface area (Å²) < 4.78 is 0. The van der Waals surface area contributed by atoms with Crippen LogP contribution in [0.25, 0.3) is 0 Å². The van der Waals surface area contributed by atoms with E-state index >= 15 is 0 Å². The molecule has 1 aromatic rings. The lowest BCUT2D eigenvalue weighted by atomic mass is 9.93. The first-order valence-electron chi connectivity index (χ1n) is 9.10. The Bertz CT molecular complexity index is 617. The van der Waals surface area contributed by atoms with Crippen molar-refractivity contribution in [3.8, 4) is 0 Å². The number of hydrogen-bond acceptors (Lipinski definition) is 3. The van der Waals surface area contributed by atoms with E-state index in [0.717, 1.165) is 19.5 Å². The van der Waals surface area contributed by atoms with E-state index in [9.17, 15) is 9.59 Å². The van der Waals surface area contributed by atoms with E-state index in [2.05, 4.69) is 31.3 Å². The van der Waals surface area contributed by atoms with Gasteiger partial charge in [-0.2, -0.15) is 0 Å². The van der Waals surface area contributed by atoms with Gasteiger partial charge < -0.3 is 15.1 Å². The molecule has 138 valence electrons. The second-order valence-corrected chi connectivity index (χ2v) is 7.35. The monoisotopic (exact) mass is 345 g/mol. The van der Waals surface area contributed by atoms with Crippen molar-refractivity contribution in [1.29, 1.82) is 0 Å². The normalized spacial score (nSPS) is 21.7. The van der Waals surface area contributed by atoms with Crippen LogP contribution in [0.3, 0.4) is 0 Å². The average molecular weight is 345 g/mol. The van der Waals surface area contributed by atoms with Crippen molar-refractivity contribution >= 4 is 11.8 Å². The molecule has 1 N–H and O–H groups in total. The molecule has 25 heavy (non-hydrogen) atoms. The number of nitrogens with one attached hydrogen (secondary N) is 1. The summed E-state index contributed by atoms with van der Waals surface area (Å²) in [6.45, 7) is 9.90. The van der Waals surface area contributed by atoms with Crippen molar-refractivity contribution in [2.45, 2.75) is 52.7 Å². The fourth-order valence-corrected chi connectivity index (χ4v) is 3.52. The minimum absolute atomic E-state index is 0.101. The maximum absolute atomic E-state index is 12.7. The van der Waals surface area contributed by atoms with E-state index in [4.69, 9.17) is 0 Å². The molecule has 0 aliphatic carbocycles. The number of piperidine rings is 1. The molecule has 0 spiro atoms. The third-order valence-corrected chi connectivity index (χ3v) is 5.23. The highest BCUT2D eigenvalue weighted by Crippen LogP contribution is 2.18. The van der Waals surface area contributed by atoms with Crippen LogP contribution in [-0.2, 0) is 16.1 Å². The van der Waals surface area contributed by atoms with Crippen molar-refractivity contribution in [1.82, 2.24) is 15.1 Å². The number of carbonyl (C=O) groups excluding carboxylic acids is 2. The summed E-state index contributed by atoms with van der Waals surface area (Å²) in [5, 5.41) is 3.48. The highest BCUT2D eigenvalue weighted by molar-refractivity contribution is 5.81. The largest absolute Gasteiger partial charge is 0.343 e. The van der Waals surface area contributed by atoms with Gasteiger partial charge in [0, 0.05) is 39.6 Å². The molecule has 5 heteroatoms. The second-order valence-electron chi connectivity index (χ2n) is 7.35. The minimum Gasteiger partial charge on any atom is -0.343 e. The maximum atomic E-state index is 12.7. The van der Waals surface area contributed by atoms with Gasteiger partial charge in [-0.3, -0.25) is 9.59 Å². The number of hydrogen-bond donors (Lipinski definition) is 1. The number of rotatable bonds is 5. The fourth-order valence-electron chi connectivity index (χ4n) is 3.52. The summed E-state index contributed by atoms with van der Waals surface area (Å²) in [6.07, 6.45) is 0.889. The number of aryl methyl sites for hydroxylation is 1. The van der Waals surface area contributed by atoms with E-state index in [1.54, 1.807) is 11.8 Å². The van der Waals surface area contributed by atoms with Crippen LogP contribution in [0, 0.1) is 12.8 Å². The molecule has 5 nitrogen and oxygen atoms in total. The number of likely N-dealkylation sites (tertiary alicyclic amines) is 1. The Labute approximate surface area is 151 Å². The molecule has 0 bridgehead atoms. The second kappa shape index (κ2) is 8.48. The van der Waals surface area contributed by atoms with Crippen LogP contribution in [0.5, 0.6) is 0 Å². The molecule has 0 saturated carbocycles. The number of amides is 2. The quantitative estimate of drug-likeness (QED) is 0.890. The van der Waals surface area contributed by atoms with Crippen LogP contribution in [-0.4, -0.2) is 53.8 Å². The molecule has 3 atom stereocenters. The van der Waals surface area contributed by atoms with E-state index in [-0.39, 0.29) is 23.9 Å². The zero-order chi connectivity index (χ0) is 18.6. The Balaban J connectivity index is 1.89. The zero-order valence-corrected chi connectivity index (χ0v) is 16.1. The van der Waals surface area contributed by atoms with Gasteiger partial charge in [-0.1, -0.05) is 31.2 Å². The molecule has 0 radical (unpaired) electrons. The van der Waals surface area contributed by atoms with Crippen molar-refractivity contribution in [2.24, 2.45) is 5.92 Å². The predicted molar refractivity (Wildman–Crippen MR) is 100 cm³/mol. The summed E-state index contributed by atoms with van der Waals surface area (Å²) in [4.78, 5) is 27.9. The van der Waals surface area contributed by atoms with Crippen molar-refractivity contribution in [3.63, 3.8) is 0 Å². The van der Waals surface area contributed by atoms with E-state index < -0.39 is 0 Å². The molecule has 1 aliphatic heterocycles. The molecule has 2 amide bonds. The van der Waals surface area contributed by atoms with Gasteiger partial charge in [-0.15, -0.1) is 0 Å². The molecular weight excluding hydrogens is 314 g/mol. The first-order valence-corrected chi connectivity index (χ1v) is 9.10. The van der Waals surface area contributed by atoms with Gasteiger partial charge in [0.2, 0.25) is 11.8 Å². The van der Waals surface area contributed by atoms with Gasteiger partial charge in [0.05, 0.1) is 6.04 Å². The first-order chi connectivity index (χ1) is 11.8. The lowest BCUT2D eigenvalue weighted by molar-refractivity contribution is -0.134. The Morgan fingerprint density at radius 1 is 1.36 bits per heavy atom. The topological polar surface area (TPSA) is 52.7 Å². The average Bonchev–Trinajstić information content (AvgIpc) is 2.57. The van der Waals surface area contributed by atoms with Gasteiger partial charge in [-0.05, 0) is 37.3 Å². The Morgan fingerprint density at radius 2 is 2.04 bits per heavy atom. The van der Waals surface area contributed by atoms with Gasteiger partial charge in [0.25, 0.3) is 0 Å². The Kier molecular flexibility index (Phi) is 6.59. The molecule has 0 unspecified atom stereocenters. The van der Waals surface area contributed by atoms with Crippen LogP contribution < -0.4 is 5.32 Å². The standard InChI is InChI=1S/C20H31N3O2/c1-14-8-6-7-9-18(14)13-22(5)20(25)16(3)21-19-10-11-23(17(4)24)12-15(19)2/h6-9,15-16,19,21H,10-13H2,1-5H3/t15-,16-,19+/m1/s1. The summed E-state index contributed by atoms with van der Waals surface area (Å²) in [6, 6.07) is 8.19. The van der Waals surface area contributed by atoms with Crippen LogP contribution >= 0.6 is 0 Å². The smallest absolute Gasteiger partial charge is 0.239 e. The molecule has 1 aliphatic rings. The third-order valence-electron chi connectivity index (χ3n) is 5.23. The molecule has 1 fully saturated rings. The summed E-state index contributed by atoms with van der Waals surface area (Å²) in [5.74, 6) is 0.575. The number of likely N-dealkylation sites (N-methyl/N-ethyl adjacent to an activating group) is 1. The van der Waals surface area contributed by atoms with Gasteiger partial charge in [0.15, 0.2) is 0 Å². The van der Waals surface area contributed by atoms with Gasteiger partial charge in [-0.25, -0.2) is 0 Å². The Morgan fingerprint density at radius 3 is 2.64 bits per heavy atom. The van der Waals surface area contributed by atoms with Gasteiger partial charge >= 0.3 is 0 Å². The van der Waals surface area contributed by atoms with Crippen LogP contribution in [0.4, 0.5) is 0 Å². The van der Waals surface area contributed by atoms with E-state index in [0.29, 0.717) is 12.5 Å². The minimum atomic E-state index is -0.231. The SMILES string of the molecule is CC(=O)N1CC[C@H](N[C@H](C)C(=O)N(C)Cc2ccccc2C)[C@H](C)C1. The first kappa shape index (κ1) is 19.4. The van der Waals surface area contributed by atoms with Crippen LogP contribution in [0.2, 0.25) is 0 Å². The molecule has 0 aromatic heterocycles. The summed E-state index contributed by atoms with van der Waals surface area (Å²) in [5.41, 5.74) is 2.38. The fraction of sp³-hybridized carbons (Fsp3) is 0.600. The van der Waals surface area contributed by atoms with Crippen LogP contribution in [0.1, 0.15) is 38.3 Å². The lowest BCUT2D eigenvalue weighted by Gasteiger charge is -2.38. The molecule has 2 rings (SSSR count). The van der Waals surface area contributed by atoms with Crippen molar-refractivity contribution in [3.05, 3.63) is 35.4 Å². The predicted octanol–water partition coefficient (Wildman–Crippen LogP) is 2.19. The Hall–Kier alpha value is -1.88. The summed E-state index contributed by atoms with van der Waals surface area (Å²) in [7, 11) is 1.86. The lowest BCUT2D eigenvalue weighted by Crippen LogP contribution is -2.54. The van der Waals surface area contributed by atoms with Gasteiger partial charge in [0.1, 0.15) is 0 Å². The van der Waals surface area contributed by atoms with E-state index in [1.807, 2.05) is 31.0 Å². The maximum Gasteiger partial charge on any atom is 0.239 e. The third kappa shape index (κ3) is 5.05. The molecule has 1 aromatic carbocycles. The number of carbonyl (C=O) groups is 2. The highest BCUT2D eigenvalue weighted by Gasteiger charge is 2.30. The zero-order valence-electron chi connectivity index (χ0n) is 16.1. The van der Waals surface area contributed by atoms with Crippen LogP contribution in [0.15, 0.2) is 24.3 Å². The molecular formula is C20H31N3O2. The number of benzene rings is 1. The van der Waals surface area contributed by atoms with Crippen molar-refractivity contribution < 1.29 is 9.59 Å². The number of nitrogens with zero attached hydrogens (tertiary/aromatic N) is 2. The molecule has 1 heterocycles.